The number of anilines is 2. The van der Waals surface area contributed by atoms with Gasteiger partial charge in [-0.2, -0.15) is 0 Å². The topological polar surface area (TPSA) is 58.2 Å². The van der Waals surface area contributed by atoms with Crippen molar-refractivity contribution in [3.63, 3.8) is 0 Å². The van der Waals surface area contributed by atoms with Gasteiger partial charge >= 0.3 is 0 Å². The summed E-state index contributed by atoms with van der Waals surface area (Å²) in [7, 11) is 0. The van der Waals surface area contributed by atoms with Crippen LogP contribution in [0, 0.1) is 12.8 Å². The van der Waals surface area contributed by atoms with Crippen LogP contribution in [-0.4, -0.2) is 11.8 Å². The summed E-state index contributed by atoms with van der Waals surface area (Å²) in [6.45, 7) is 1.89. The zero-order valence-corrected chi connectivity index (χ0v) is 15.7. The molecule has 3 rings (SSSR count). The van der Waals surface area contributed by atoms with Gasteiger partial charge < -0.3 is 10.6 Å². The molecule has 2 aromatic carbocycles. The van der Waals surface area contributed by atoms with E-state index in [4.69, 9.17) is 23.2 Å². The number of carbonyl (C=O) groups is 2. The molecular weight excluding hydrogens is 371 g/mol. The first-order valence-electron chi connectivity index (χ1n) is 8.28. The Morgan fingerprint density at radius 1 is 1.04 bits per heavy atom. The van der Waals surface area contributed by atoms with E-state index in [2.05, 4.69) is 10.6 Å². The van der Waals surface area contributed by atoms with Crippen molar-refractivity contribution in [2.45, 2.75) is 19.8 Å². The van der Waals surface area contributed by atoms with E-state index in [9.17, 15) is 9.59 Å². The van der Waals surface area contributed by atoms with E-state index in [0.717, 1.165) is 24.0 Å². The van der Waals surface area contributed by atoms with E-state index in [1.165, 1.54) is 6.08 Å². The highest BCUT2D eigenvalue weighted by atomic mass is 35.5. The number of hydrogen-bond acceptors (Lipinski definition) is 2. The van der Waals surface area contributed by atoms with Gasteiger partial charge in [0.1, 0.15) is 0 Å². The van der Waals surface area contributed by atoms with Gasteiger partial charge in [0.2, 0.25) is 11.8 Å². The third kappa shape index (κ3) is 4.87. The number of hydrogen-bond donors (Lipinski definition) is 2. The molecule has 0 atom stereocenters. The summed E-state index contributed by atoms with van der Waals surface area (Å²) in [6, 6.07) is 10.6. The Kier molecular flexibility index (Phi) is 5.64. The first kappa shape index (κ1) is 18.5. The molecule has 0 radical (unpaired) electrons. The number of aryl methyl sites for hydroxylation is 1. The number of benzene rings is 2. The quantitative estimate of drug-likeness (QED) is 0.682. The number of halogens is 2. The fourth-order valence-corrected chi connectivity index (χ4v) is 2.69. The molecule has 2 N–H and O–H groups in total. The average molecular weight is 389 g/mol. The van der Waals surface area contributed by atoms with Gasteiger partial charge in [-0.25, -0.2) is 0 Å². The van der Waals surface area contributed by atoms with Gasteiger partial charge in [-0.1, -0.05) is 35.3 Å². The molecule has 0 bridgehead atoms. The molecule has 134 valence electrons. The van der Waals surface area contributed by atoms with Crippen molar-refractivity contribution in [2.24, 2.45) is 5.92 Å². The van der Waals surface area contributed by atoms with Gasteiger partial charge in [-0.3, -0.25) is 9.59 Å². The van der Waals surface area contributed by atoms with Crippen molar-refractivity contribution in [3.8, 4) is 0 Å². The van der Waals surface area contributed by atoms with Crippen molar-refractivity contribution in [1.29, 1.82) is 0 Å². The molecule has 2 aromatic rings. The van der Waals surface area contributed by atoms with Crippen LogP contribution in [0.4, 0.5) is 11.4 Å². The molecule has 26 heavy (non-hydrogen) atoms. The van der Waals surface area contributed by atoms with Crippen molar-refractivity contribution in [3.05, 3.63) is 63.6 Å². The first-order chi connectivity index (χ1) is 12.4. The number of amides is 2. The molecule has 0 spiro atoms. The largest absolute Gasteiger partial charge is 0.326 e. The summed E-state index contributed by atoms with van der Waals surface area (Å²) in [6.07, 6.45) is 4.97. The summed E-state index contributed by atoms with van der Waals surface area (Å²) < 4.78 is 0. The predicted molar refractivity (Wildman–Crippen MR) is 107 cm³/mol. The number of nitrogens with one attached hydrogen (secondary N) is 2. The van der Waals surface area contributed by atoms with Crippen molar-refractivity contribution in [1.82, 2.24) is 0 Å². The highest BCUT2D eigenvalue weighted by Crippen LogP contribution is 2.31. The monoisotopic (exact) mass is 388 g/mol. The summed E-state index contributed by atoms with van der Waals surface area (Å²) in [5.74, 6) is -0.112. The average Bonchev–Trinajstić information content (AvgIpc) is 3.44. The predicted octanol–water partition coefficient (Wildman–Crippen LogP) is 5.30. The van der Waals surface area contributed by atoms with Crippen LogP contribution in [0.2, 0.25) is 10.0 Å². The SMILES string of the molecule is Cc1ccc(NC(=O)C2CC2)cc1NC(=O)/C=C/c1ccc(Cl)c(Cl)c1. The molecule has 1 fully saturated rings. The van der Waals surface area contributed by atoms with Gasteiger partial charge in [0, 0.05) is 23.4 Å². The number of rotatable bonds is 5. The summed E-state index contributed by atoms with van der Waals surface area (Å²) in [5, 5.41) is 6.61. The fourth-order valence-electron chi connectivity index (χ4n) is 2.39. The van der Waals surface area contributed by atoms with Gasteiger partial charge in [-0.15, -0.1) is 0 Å². The molecule has 0 unspecified atom stereocenters. The molecule has 0 saturated heterocycles. The normalized spacial score (nSPS) is 13.7. The smallest absolute Gasteiger partial charge is 0.248 e. The van der Waals surface area contributed by atoms with Crippen molar-refractivity contribution >= 4 is 52.5 Å². The second kappa shape index (κ2) is 7.94. The van der Waals surface area contributed by atoms with E-state index >= 15 is 0 Å². The Morgan fingerprint density at radius 3 is 2.50 bits per heavy atom. The maximum absolute atomic E-state index is 12.2. The summed E-state index contributed by atoms with van der Waals surface area (Å²) in [5.41, 5.74) is 3.01. The Bertz CT molecular complexity index is 889. The summed E-state index contributed by atoms with van der Waals surface area (Å²) in [4.78, 5) is 24.1. The molecule has 6 heteroatoms. The molecule has 1 saturated carbocycles. The summed E-state index contributed by atoms with van der Waals surface area (Å²) >= 11 is 11.8. The highest BCUT2D eigenvalue weighted by Gasteiger charge is 2.29. The van der Waals surface area contributed by atoms with Crippen LogP contribution in [0.25, 0.3) is 6.08 Å². The van der Waals surface area contributed by atoms with E-state index in [1.807, 2.05) is 19.1 Å². The minimum atomic E-state index is -0.273. The fraction of sp³-hybridized carbons (Fsp3) is 0.200. The van der Waals surface area contributed by atoms with Crippen molar-refractivity contribution in [2.75, 3.05) is 10.6 Å². The second-order valence-corrected chi connectivity index (χ2v) is 7.10. The van der Waals surface area contributed by atoms with Crippen molar-refractivity contribution < 1.29 is 9.59 Å². The molecule has 2 amide bonds. The second-order valence-electron chi connectivity index (χ2n) is 6.29. The van der Waals surface area contributed by atoms with E-state index in [1.54, 1.807) is 30.3 Å². The van der Waals surface area contributed by atoms with Gasteiger partial charge in [0.25, 0.3) is 0 Å². The highest BCUT2D eigenvalue weighted by molar-refractivity contribution is 6.42. The zero-order valence-electron chi connectivity index (χ0n) is 14.2. The lowest BCUT2D eigenvalue weighted by molar-refractivity contribution is -0.117. The van der Waals surface area contributed by atoms with E-state index < -0.39 is 0 Å². The molecular formula is C20H18Cl2N2O2. The molecule has 0 aliphatic heterocycles. The Labute approximate surface area is 162 Å². The lowest BCUT2D eigenvalue weighted by Gasteiger charge is -2.10. The lowest BCUT2D eigenvalue weighted by atomic mass is 10.1. The molecule has 0 heterocycles. The lowest BCUT2D eigenvalue weighted by Crippen LogP contribution is -2.14. The molecule has 0 aromatic heterocycles. The van der Waals surface area contributed by atoms with Crippen LogP contribution in [0.15, 0.2) is 42.5 Å². The third-order valence-corrected chi connectivity index (χ3v) is 4.82. The molecule has 4 nitrogen and oxygen atoms in total. The van der Waals surface area contributed by atoms with Crippen LogP contribution in [0.3, 0.4) is 0 Å². The first-order valence-corrected chi connectivity index (χ1v) is 9.03. The van der Waals surface area contributed by atoms with Crippen LogP contribution < -0.4 is 10.6 Å². The maximum atomic E-state index is 12.2. The van der Waals surface area contributed by atoms with Gasteiger partial charge in [-0.05, 0) is 61.2 Å². The van der Waals surface area contributed by atoms with Gasteiger partial charge in [0.15, 0.2) is 0 Å². The molecule has 1 aliphatic carbocycles. The maximum Gasteiger partial charge on any atom is 0.248 e. The van der Waals surface area contributed by atoms with Crippen LogP contribution in [0.1, 0.15) is 24.0 Å². The minimum Gasteiger partial charge on any atom is -0.326 e. The van der Waals surface area contributed by atoms with Crippen LogP contribution in [0.5, 0.6) is 0 Å². The van der Waals surface area contributed by atoms with E-state index in [-0.39, 0.29) is 17.7 Å². The Balaban J connectivity index is 1.66. The van der Waals surface area contributed by atoms with Gasteiger partial charge in [0.05, 0.1) is 10.0 Å². The standard InChI is InChI=1S/C20H18Cl2N2O2/c1-12-2-7-15(23-20(26)14-5-6-14)11-18(12)24-19(25)9-4-13-3-8-16(21)17(22)10-13/h2-4,7-11,14H,5-6H2,1H3,(H,23,26)(H,24,25)/b9-4+. The Hall–Kier alpha value is -2.30. The zero-order chi connectivity index (χ0) is 18.7. The molecule has 1 aliphatic rings. The number of carbonyl (C=O) groups excluding carboxylic acids is 2. The van der Waals surface area contributed by atoms with Crippen LogP contribution in [-0.2, 0) is 9.59 Å². The van der Waals surface area contributed by atoms with E-state index in [0.29, 0.717) is 21.4 Å². The third-order valence-electron chi connectivity index (χ3n) is 4.08. The minimum absolute atomic E-state index is 0.0330. The van der Waals surface area contributed by atoms with Crippen LogP contribution >= 0.6 is 23.2 Å². The Morgan fingerprint density at radius 2 is 1.81 bits per heavy atom.